The molecule has 1 rings (SSSR count). The highest BCUT2D eigenvalue weighted by atomic mass is 127. The van der Waals surface area contributed by atoms with Crippen LogP contribution in [0.3, 0.4) is 0 Å². The lowest BCUT2D eigenvalue weighted by atomic mass is 10.2. The molecule has 0 atom stereocenters. The van der Waals surface area contributed by atoms with Crippen molar-refractivity contribution in [1.29, 1.82) is 0 Å². The van der Waals surface area contributed by atoms with E-state index in [2.05, 4.69) is 27.9 Å². The van der Waals surface area contributed by atoms with Crippen LogP contribution in [0.4, 0.5) is 0 Å². The largest absolute Gasteiger partial charge is 0.352 e. The van der Waals surface area contributed by atoms with Crippen molar-refractivity contribution in [2.45, 2.75) is 6.92 Å². The summed E-state index contributed by atoms with van der Waals surface area (Å²) in [6.07, 6.45) is 0. The zero-order valence-corrected chi connectivity index (χ0v) is 10.0. The molecule has 0 bridgehead atoms. The average Bonchev–Trinajstić information content (AvgIpc) is 2.09. The zero-order valence-electron chi connectivity index (χ0n) is 7.10. The fourth-order valence-electron chi connectivity index (χ4n) is 0.927. The SMILES string of the molecule is CCNC(=O)c1cc(I)ccc1Cl. The first-order valence-corrected chi connectivity index (χ1v) is 5.34. The van der Waals surface area contributed by atoms with E-state index in [4.69, 9.17) is 11.6 Å². The smallest absolute Gasteiger partial charge is 0.252 e. The lowest BCUT2D eigenvalue weighted by molar-refractivity contribution is 0.0956. The topological polar surface area (TPSA) is 29.1 Å². The zero-order chi connectivity index (χ0) is 9.84. The second kappa shape index (κ2) is 4.81. The van der Waals surface area contributed by atoms with Gasteiger partial charge in [-0.3, -0.25) is 4.79 Å². The molecular weight excluding hydrogens is 300 g/mol. The van der Waals surface area contributed by atoms with E-state index in [0.717, 1.165) is 3.57 Å². The maximum atomic E-state index is 11.4. The molecule has 0 radical (unpaired) electrons. The molecule has 0 fully saturated rings. The minimum atomic E-state index is -0.119. The van der Waals surface area contributed by atoms with Gasteiger partial charge in [0.2, 0.25) is 0 Å². The number of benzene rings is 1. The van der Waals surface area contributed by atoms with Gasteiger partial charge in [0.25, 0.3) is 5.91 Å². The Morgan fingerprint density at radius 3 is 2.92 bits per heavy atom. The van der Waals surface area contributed by atoms with Gasteiger partial charge in [-0.25, -0.2) is 0 Å². The van der Waals surface area contributed by atoms with Crippen LogP contribution in [0.15, 0.2) is 18.2 Å². The maximum Gasteiger partial charge on any atom is 0.252 e. The van der Waals surface area contributed by atoms with Crippen LogP contribution in [0.25, 0.3) is 0 Å². The minimum Gasteiger partial charge on any atom is -0.352 e. The van der Waals surface area contributed by atoms with Gasteiger partial charge in [-0.15, -0.1) is 0 Å². The summed E-state index contributed by atoms with van der Waals surface area (Å²) < 4.78 is 1.00. The quantitative estimate of drug-likeness (QED) is 0.836. The van der Waals surface area contributed by atoms with Crippen molar-refractivity contribution < 1.29 is 4.79 Å². The Labute approximate surface area is 95.8 Å². The first-order chi connectivity index (χ1) is 6.15. The minimum absolute atomic E-state index is 0.119. The highest BCUT2D eigenvalue weighted by molar-refractivity contribution is 14.1. The molecule has 1 aromatic carbocycles. The van der Waals surface area contributed by atoms with Gasteiger partial charge in [0.05, 0.1) is 10.6 Å². The third kappa shape index (κ3) is 2.84. The van der Waals surface area contributed by atoms with E-state index in [1.165, 1.54) is 0 Å². The second-order valence-corrected chi connectivity index (χ2v) is 4.14. The summed E-state index contributed by atoms with van der Waals surface area (Å²) >= 11 is 8.01. The number of rotatable bonds is 2. The third-order valence-electron chi connectivity index (χ3n) is 1.51. The van der Waals surface area contributed by atoms with E-state index in [1.807, 2.05) is 13.0 Å². The van der Waals surface area contributed by atoms with Crippen LogP contribution in [0.2, 0.25) is 5.02 Å². The Morgan fingerprint density at radius 2 is 2.31 bits per heavy atom. The molecule has 13 heavy (non-hydrogen) atoms. The lowest BCUT2D eigenvalue weighted by Crippen LogP contribution is -2.23. The molecule has 0 heterocycles. The molecule has 70 valence electrons. The molecule has 1 aromatic rings. The van der Waals surface area contributed by atoms with Crippen molar-refractivity contribution in [3.8, 4) is 0 Å². The summed E-state index contributed by atoms with van der Waals surface area (Å²) in [4.78, 5) is 11.4. The molecule has 2 nitrogen and oxygen atoms in total. The Balaban J connectivity index is 2.99. The van der Waals surface area contributed by atoms with Crippen LogP contribution < -0.4 is 5.32 Å². The molecular formula is C9H9ClINO. The number of carbonyl (C=O) groups excluding carboxylic acids is 1. The molecule has 0 saturated heterocycles. The summed E-state index contributed by atoms with van der Waals surface area (Å²) in [5.41, 5.74) is 0.537. The summed E-state index contributed by atoms with van der Waals surface area (Å²) in [5, 5.41) is 3.20. The first-order valence-electron chi connectivity index (χ1n) is 3.88. The van der Waals surface area contributed by atoms with Gasteiger partial charge in [0, 0.05) is 10.1 Å². The number of amides is 1. The van der Waals surface area contributed by atoms with Gasteiger partial charge in [-0.05, 0) is 47.7 Å². The molecule has 0 spiro atoms. The Morgan fingerprint density at radius 1 is 1.62 bits per heavy atom. The van der Waals surface area contributed by atoms with Gasteiger partial charge in [-0.1, -0.05) is 11.6 Å². The van der Waals surface area contributed by atoms with Gasteiger partial charge in [0.1, 0.15) is 0 Å². The molecule has 1 amide bonds. The summed E-state index contributed by atoms with van der Waals surface area (Å²) in [6.45, 7) is 2.49. The highest BCUT2D eigenvalue weighted by Gasteiger charge is 2.08. The van der Waals surface area contributed by atoms with E-state index in [9.17, 15) is 4.79 Å². The van der Waals surface area contributed by atoms with Crippen LogP contribution in [-0.4, -0.2) is 12.5 Å². The summed E-state index contributed by atoms with van der Waals surface area (Å²) in [5.74, 6) is -0.119. The van der Waals surface area contributed by atoms with Crippen molar-refractivity contribution in [3.63, 3.8) is 0 Å². The van der Waals surface area contributed by atoms with Crippen LogP contribution in [0, 0.1) is 3.57 Å². The maximum absolute atomic E-state index is 11.4. The number of hydrogen-bond acceptors (Lipinski definition) is 1. The van der Waals surface area contributed by atoms with E-state index < -0.39 is 0 Å². The van der Waals surface area contributed by atoms with Gasteiger partial charge >= 0.3 is 0 Å². The van der Waals surface area contributed by atoms with Crippen LogP contribution in [-0.2, 0) is 0 Å². The van der Waals surface area contributed by atoms with Gasteiger partial charge < -0.3 is 5.32 Å². The molecule has 0 aliphatic heterocycles. The van der Waals surface area contributed by atoms with Crippen molar-refractivity contribution in [2.75, 3.05) is 6.54 Å². The van der Waals surface area contributed by atoms with E-state index >= 15 is 0 Å². The van der Waals surface area contributed by atoms with Crippen molar-refractivity contribution >= 4 is 40.1 Å². The molecule has 0 aliphatic rings. The predicted octanol–water partition coefficient (Wildman–Crippen LogP) is 2.69. The first kappa shape index (κ1) is 10.8. The molecule has 4 heteroatoms. The van der Waals surface area contributed by atoms with E-state index in [-0.39, 0.29) is 5.91 Å². The Bertz CT molecular complexity index is 327. The van der Waals surface area contributed by atoms with Crippen LogP contribution >= 0.6 is 34.2 Å². The number of hydrogen-bond donors (Lipinski definition) is 1. The fourth-order valence-corrected chi connectivity index (χ4v) is 1.62. The number of halogens is 2. The van der Waals surface area contributed by atoms with Crippen molar-refractivity contribution in [1.82, 2.24) is 5.32 Å². The lowest BCUT2D eigenvalue weighted by Gasteiger charge is -2.04. The highest BCUT2D eigenvalue weighted by Crippen LogP contribution is 2.18. The van der Waals surface area contributed by atoms with Crippen LogP contribution in [0.5, 0.6) is 0 Å². The summed E-state index contributed by atoms with van der Waals surface area (Å²) in [7, 11) is 0. The molecule has 0 aromatic heterocycles. The Kier molecular flexibility index (Phi) is 3.99. The molecule has 1 N–H and O–H groups in total. The van der Waals surface area contributed by atoms with E-state index in [1.54, 1.807) is 12.1 Å². The standard InChI is InChI=1S/C9H9ClINO/c1-2-12-9(13)7-5-6(11)3-4-8(7)10/h3-5H,2H2,1H3,(H,12,13). The third-order valence-corrected chi connectivity index (χ3v) is 2.51. The van der Waals surface area contributed by atoms with Crippen molar-refractivity contribution in [2.24, 2.45) is 0 Å². The molecule has 0 unspecified atom stereocenters. The van der Waals surface area contributed by atoms with Crippen LogP contribution in [0.1, 0.15) is 17.3 Å². The molecule has 0 saturated carbocycles. The number of nitrogens with one attached hydrogen (secondary N) is 1. The normalized spacial score (nSPS) is 9.77. The Hall–Kier alpha value is -0.290. The average molecular weight is 310 g/mol. The number of carbonyl (C=O) groups is 1. The summed E-state index contributed by atoms with van der Waals surface area (Å²) in [6, 6.07) is 5.37. The van der Waals surface area contributed by atoms with Gasteiger partial charge in [-0.2, -0.15) is 0 Å². The van der Waals surface area contributed by atoms with Crippen molar-refractivity contribution in [3.05, 3.63) is 32.4 Å². The predicted molar refractivity (Wildman–Crippen MR) is 62.2 cm³/mol. The van der Waals surface area contributed by atoms with E-state index in [0.29, 0.717) is 17.1 Å². The monoisotopic (exact) mass is 309 g/mol. The molecule has 0 aliphatic carbocycles. The fraction of sp³-hybridized carbons (Fsp3) is 0.222. The van der Waals surface area contributed by atoms with Gasteiger partial charge in [0.15, 0.2) is 0 Å². The second-order valence-electron chi connectivity index (χ2n) is 2.48.